The highest BCUT2D eigenvalue weighted by molar-refractivity contribution is 6.31. The van der Waals surface area contributed by atoms with Gasteiger partial charge in [-0.05, 0) is 42.8 Å². The normalized spacial score (nSPS) is 11.0. The Morgan fingerprint density at radius 2 is 1.91 bits per heavy atom. The lowest BCUT2D eigenvalue weighted by Crippen LogP contribution is -2.16. The molecule has 1 aromatic heterocycles. The van der Waals surface area contributed by atoms with E-state index in [1.54, 1.807) is 12.1 Å². The number of aromatic nitrogens is 1. The van der Waals surface area contributed by atoms with Gasteiger partial charge in [0.05, 0.1) is 6.42 Å². The summed E-state index contributed by atoms with van der Waals surface area (Å²) < 4.78 is 27.2. The Morgan fingerprint density at radius 3 is 2.61 bits per heavy atom. The molecule has 0 unspecified atom stereocenters. The van der Waals surface area contributed by atoms with Crippen molar-refractivity contribution in [2.45, 2.75) is 13.3 Å². The number of hydrogen-bond donors (Lipinski definition) is 2. The van der Waals surface area contributed by atoms with E-state index in [1.165, 1.54) is 6.07 Å². The topological polar surface area (TPSA) is 44.9 Å². The van der Waals surface area contributed by atoms with Crippen molar-refractivity contribution in [3.05, 3.63) is 64.3 Å². The van der Waals surface area contributed by atoms with Gasteiger partial charge in [-0.1, -0.05) is 17.7 Å². The summed E-state index contributed by atoms with van der Waals surface area (Å²) in [4.78, 5) is 15.3. The van der Waals surface area contributed by atoms with Gasteiger partial charge in [-0.25, -0.2) is 8.78 Å². The Balaban J connectivity index is 1.89. The lowest BCUT2D eigenvalue weighted by atomic mass is 10.1. The highest BCUT2D eigenvalue weighted by atomic mass is 35.5. The fraction of sp³-hybridized carbons (Fsp3) is 0.118. The van der Waals surface area contributed by atoms with E-state index in [-0.39, 0.29) is 6.42 Å². The van der Waals surface area contributed by atoms with Crippen LogP contribution in [0.1, 0.15) is 11.3 Å². The zero-order valence-corrected chi connectivity index (χ0v) is 13.0. The van der Waals surface area contributed by atoms with Crippen LogP contribution in [-0.4, -0.2) is 10.9 Å². The van der Waals surface area contributed by atoms with E-state index < -0.39 is 23.2 Å². The number of H-pyrrole nitrogens is 1. The van der Waals surface area contributed by atoms with Crippen LogP contribution in [0.3, 0.4) is 0 Å². The van der Waals surface area contributed by atoms with Crippen LogP contribution in [0.2, 0.25) is 5.02 Å². The van der Waals surface area contributed by atoms with Crippen LogP contribution in [0.15, 0.2) is 36.4 Å². The average Bonchev–Trinajstić information content (AvgIpc) is 2.79. The molecule has 3 nitrogen and oxygen atoms in total. The Kier molecular flexibility index (Phi) is 4.05. The second kappa shape index (κ2) is 6.01. The molecule has 1 amide bonds. The van der Waals surface area contributed by atoms with Crippen molar-refractivity contribution >= 4 is 34.1 Å². The number of carbonyl (C=O) groups is 1. The maximum absolute atomic E-state index is 13.6. The molecule has 0 aliphatic carbocycles. The number of aromatic amines is 1. The highest BCUT2D eigenvalue weighted by Gasteiger charge is 2.16. The number of aryl methyl sites for hydroxylation is 1. The third-order valence-corrected chi connectivity index (χ3v) is 3.88. The highest BCUT2D eigenvalue weighted by Crippen LogP contribution is 2.26. The van der Waals surface area contributed by atoms with Crippen LogP contribution in [0.25, 0.3) is 10.9 Å². The molecule has 2 aromatic carbocycles. The van der Waals surface area contributed by atoms with Gasteiger partial charge in [0.15, 0.2) is 0 Å². The van der Waals surface area contributed by atoms with E-state index in [9.17, 15) is 13.6 Å². The summed E-state index contributed by atoms with van der Waals surface area (Å²) >= 11 is 5.99. The molecule has 23 heavy (non-hydrogen) atoms. The predicted octanol–water partition coefficient (Wildman–Crippen LogP) is 4.59. The smallest absolute Gasteiger partial charge is 0.229 e. The maximum atomic E-state index is 13.6. The summed E-state index contributed by atoms with van der Waals surface area (Å²) in [5, 5.41) is 3.66. The standard InChI is InChI=1S/C17H13ClF2N2O/c1-9-11(12-7-10(18)5-6-15(12)21-9)8-16(23)22-17-13(19)3-2-4-14(17)20/h2-7,21H,8H2,1H3,(H,22,23). The van der Waals surface area contributed by atoms with E-state index in [2.05, 4.69) is 10.3 Å². The van der Waals surface area contributed by atoms with Gasteiger partial charge in [-0.15, -0.1) is 0 Å². The van der Waals surface area contributed by atoms with Crippen LogP contribution >= 0.6 is 11.6 Å². The molecule has 0 aliphatic rings. The Hall–Kier alpha value is -2.40. The molecule has 0 aliphatic heterocycles. The van der Waals surface area contributed by atoms with Crippen LogP contribution in [0.4, 0.5) is 14.5 Å². The van der Waals surface area contributed by atoms with Crippen LogP contribution in [-0.2, 0) is 11.2 Å². The Labute approximate surface area is 136 Å². The number of para-hydroxylation sites is 1. The second-order valence-corrected chi connectivity index (χ2v) is 5.68. The molecule has 2 N–H and O–H groups in total. The molecule has 3 aromatic rings. The minimum Gasteiger partial charge on any atom is -0.358 e. The quantitative estimate of drug-likeness (QED) is 0.723. The first kappa shape index (κ1) is 15.5. The maximum Gasteiger partial charge on any atom is 0.229 e. The van der Waals surface area contributed by atoms with Gasteiger partial charge in [-0.2, -0.15) is 0 Å². The number of nitrogens with one attached hydrogen (secondary N) is 2. The van der Waals surface area contributed by atoms with Gasteiger partial charge < -0.3 is 10.3 Å². The summed E-state index contributed by atoms with van der Waals surface area (Å²) in [5.74, 6) is -2.12. The number of fused-ring (bicyclic) bond motifs is 1. The Bertz CT molecular complexity index is 885. The predicted molar refractivity (Wildman–Crippen MR) is 86.7 cm³/mol. The minimum absolute atomic E-state index is 0.0139. The largest absolute Gasteiger partial charge is 0.358 e. The zero-order chi connectivity index (χ0) is 16.6. The molecule has 3 rings (SSSR count). The van der Waals surface area contributed by atoms with Gasteiger partial charge in [0, 0.05) is 21.6 Å². The van der Waals surface area contributed by atoms with Crippen molar-refractivity contribution in [3.63, 3.8) is 0 Å². The van der Waals surface area contributed by atoms with Gasteiger partial charge in [0.25, 0.3) is 0 Å². The van der Waals surface area contributed by atoms with Crippen molar-refractivity contribution in [1.82, 2.24) is 4.98 Å². The zero-order valence-electron chi connectivity index (χ0n) is 12.2. The van der Waals surface area contributed by atoms with Crippen LogP contribution < -0.4 is 5.32 Å². The van der Waals surface area contributed by atoms with Crippen molar-refractivity contribution in [3.8, 4) is 0 Å². The van der Waals surface area contributed by atoms with E-state index in [0.29, 0.717) is 5.02 Å². The minimum atomic E-state index is -0.808. The first-order valence-electron chi connectivity index (χ1n) is 6.96. The number of anilines is 1. The first-order chi connectivity index (χ1) is 11.0. The molecule has 0 saturated carbocycles. The van der Waals surface area contributed by atoms with E-state index in [0.717, 1.165) is 34.3 Å². The molecule has 0 saturated heterocycles. The number of rotatable bonds is 3. The molecule has 1 heterocycles. The summed E-state index contributed by atoms with van der Waals surface area (Å²) in [6.07, 6.45) is -0.0139. The molecular weight excluding hydrogens is 322 g/mol. The molecule has 0 radical (unpaired) electrons. The molecule has 0 spiro atoms. The molecule has 0 bridgehead atoms. The summed E-state index contributed by atoms with van der Waals surface area (Å²) in [6, 6.07) is 8.75. The lowest BCUT2D eigenvalue weighted by Gasteiger charge is -2.08. The third-order valence-electron chi connectivity index (χ3n) is 3.65. The first-order valence-corrected chi connectivity index (χ1v) is 7.34. The SMILES string of the molecule is Cc1[nH]c2ccc(Cl)cc2c1CC(=O)Nc1c(F)cccc1F. The third kappa shape index (κ3) is 3.05. The number of hydrogen-bond acceptors (Lipinski definition) is 1. The number of amides is 1. The molecule has 0 atom stereocenters. The lowest BCUT2D eigenvalue weighted by molar-refractivity contribution is -0.115. The van der Waals surface area contributed by atoms with Crippen molar-refractivity contribution in [2.24, 2.45) is 0 Å². The molecule has 6 heteroatoms. The molecule has 0 fully saturated rings. The van der Waals surface area contributed by atoms with E-state index in [4.69, 9.17) is 11.6 Å². The second-order valence-electron chi connectivity index (χ2n) is 5.24. The van der Waals surface area contributed by atoms with Crippen LogP contribution in [0.5, 0.6) is 0 Å². The fourth-order valence-electron chi connectivity index (χ4n) is 2.54. The molecular formula is C17H13ClF2N2O. The van der Waals surface area contributed by atoms with Gasteiger partial charge >= 0.3 is 0 Å². The van der Waals surface area contributed by atoms with Crippen molar-refractivity contribution in [1.29, 1.82) is 0 Å². The summed E-state index contributed by atoms with van der Waals surface area (Å²) in [7, 11) is 0. The average molecular weight is 335 g/mol. The summed E-state index contributed by atoms with van der Waals surface area (Å²) in [5.41, 5.74) is 1.97. The van der Waals surface area contributed by atoms with Gasteiger partial charge in [0.2, 0.25) is 5.91 Å². The van der Waals surface area contributed by atoms with Crippen molar-refractivity contribution in [2.75, 3.05) is 5.32 Å². The number of carbonyl (C=O) groups excluding carboxylic acids is 1. The monoisotopic (exact) mass is 334 g/mol. The summed E-state index contributed by atoms with van der Waals surface area (Å²) in [6.45, 7) is 1.83. The van der Waals surface area contributed by atoms with E-state index >= 15 is 0 Å². The Morgan fingerprint density at radius 1 is 1.22 bits per heavy atom. The number of benzene rings is 2. The van der Waals surface area contributed by atoms with Gasteiger partial charge in [-0.3, -0.25) is 4.79 Å². The van der Waals surface area contributed by atoms with Gasteiger partial charge in [0.1, 0.15) is 17.3 Å². The fourth-order valence-corrected chi connectivity index (χ4v) is 2.72. The number of halogens is 3. The van der Waals surface area contributed by atoms with Crippen LogP contribution in [0, 0.1) is 18.6 Å². The van der Waals surface area contributed by atoms with Crippen molar-refractivity contribution < 1.29 is 13.6 Å². The van der Waals surface area contributed by atoms with E-state index in [1.807, 2.05) is 13.0 Å². The molecule has 118 valence electrons.